The topological polar surface area (TPSA) is 28.2 Å². The van der Waals surface area contributed by atoms with Crippen LogP contribution in [0.5, 0.6) is 0 Å². The second kappa shape index (κ2) is 6.92. The lowest BCUT2D eigenvalue weighted by atomic mass is 10.1. The Morgan fingerprint density at radius 1 is 1.33 bits per heavy atom. The quantitative estimate of drug-likeness (QED) is 0.936. The van der Waals surface area contributed by atoms with Crippen molar-refractivity contribution in [3.05, 3.63) is 40.2 Å². The first kappa shape index (κ1) is 15.0. The van der Waals surface area contributed by atoms with E-state index in [2.05, 4.69) is 47.6 Å². The first-order chi connectivity index (χ1) is 10.3. The molecule has 1 saturated heterocycles. The van der Waals surface area contributed by atoms with Crippen molar-refractivity contribution < 1.29 is 0 Å². The summed E-state index contributed by atoms with van der Waals surface area (Å²) in [5.74, 6) is 2.38. The van der Waals surface area contributed by atoms with Crippen LogP contribution in [0.15, 0.2) is 30.3 Å². The summed E-state index contributed by atoms with van der Waals surface area (Å²) in [5.41, 5.74) is 2.37. The van der Waals surface area contributed by atoms with Crippen molar-refractivity contribution in [2.24, 2.45) is 0 Å². The summed E-state index contributed by atoms with van der Waals surface area (Å²) in [6.45, 7) is 2.03. The van der Waals surface area contributed by atoms with Crippen molar-refractivity contribution in [3.8, 4) is 11.3 Å². The van der Waals surface area contributed by atoms with Crippen LogP contribution in [-0.4, -0.2) is 42.0 Å². The fraction of sp³-hybridized carbons (Fsp3) is 0.438. The molecule has 3 rings (SSSR count). The summed E-state index contributed by atoms with van der Waals surface area (Å²) >= 11 is 3.90. The minimum absolute atomic E-state index is 0.460. The fourth-order valence-corrected chi connectivity index (χ4v) is 5.15. The first-order valence-electron chi connectivity index (χ1n) is 7.27. The number of thioether (sulfide) groups is 1. The molecule has 1 atom stereocenters. The van der Waals surface area contributed by atoms with Gasteiger partial charge in [-0.05, 0) is 14.1 Å². The van der Waals surface area contributed by atoms with E-state index in [-0.39, 0.29) is 0 Å². The molecule has 0 saturated carbocycles. The van der Waals surface area contributed by atoms with Crippen LogP contribution in [0.2, 0.25) is 0 Å². The van der Waals surface area contributed by atoms with Crippen molar-refractivity contribution in [2.75, 3.05) is 32.1 Å². The summed E-state index contributed by atoms with van der Waals surface area (Å²) in [5, 5.41) is 4.53. The third kappa shape index (κ3) is 3.31. The van der Waals surface area contributed by atoms with Crippen LogP contribution in [0.3, 0.4) is 0 Å². The number of benzene rings is 1. The number of rotatable bonds is 4. The Labute approximate surface area is 134 Å². The highest BCUT2D eigenvalue weighted by Crippen LogP contribution is 2.35. The molecule has 0 amide bonds. The maximum atomic E-state index is 5.00. The van der Waals surface area contributed by atoms with Crippen molar-refractivity contribution >= 4 is 23.1 Å². The molecule has 1 aliphatic heterocycles. The molecule has 0 aliphatic carbocycles. The van der Waals surface area contributed by atoms with E-state index in [1.807, 2.05) is 30.1 Å². The highest BCUT2D eigenvalue weighted by Gasteiger charge is 2.25. The van der Waals surface area contributed by atoms with E-state index in [9.17, 15) is 0 Å². The van der Waals surface area contributed by atoms with E-state index in [4.69, 9.17) is 4.98 Å². The lowest BCUT2D eigenvalue weighted by molar-refractivity contribution is 0.274. The molecule has 21 heavy (non-hydrogen) atoms. The Morgan fingerprint density at radius 2 is 2.14 bits per heavy atom. The SMILES string of the molecule is CNCc1sc(C2CSCCN2C)nc1-c1ccccc1. The smallest absolute Gasteiger partial charge is 0.112 e. The highest BCUT2D eigenvalue weighted by atomic mass is 32.2. The van der Waals surface area contributed by atoms with Gasteiger partial charge in [0.1, 0.15) is 5.01 Å². The normalized spacial score (nSPS) is 19.8. The van der Waals surface area contributed by atoms with Crippen LogP contribution in [-0.2, 0) is 6.54 Å². The minimum Gasteiger partial charge on any atom is -0.315 e. The van der Waals surface area contributed by atoms with Crippen LogP contribution < -0.4 is 5.32 Å². The van der Waals surface area contributed by atoms with Crippen LogP contribution >= 0.6 is 23.1 Å². The molecule has 2 aromatic rings. The molecule has 1 fully saturated rings. The van der Waals surface area contributed by atoms with E-state index in [1.54, 1.807) is 0 Å². The van der Waals surface area contributed by atoms with Gasteiger partial charge in [0.15, 0.2) is 0 Å². The lowest BCUT2D eigenvalue weighted by Crippen LogP contribution is -2.32. The number of hydrogen-bond donors (Lipinski definition) is 1. The number of nitrogens with one attached hydrogen (secondary N) is 1. The molecule has 0 spiro atoms. The van der Waals surface area contributed by atoms with Gasteiger partial charge < -0.3 is 5.32 Å². The van der Waals surface area contributed by atoms with Gasteiger partial charge in [0.05, 0.1) is 11.7 Å². The van der Waals surface area contributed by atoms with Crippen molar-refractivity contribution in [3.63, 3.8) is 0 Å². The van der Waals surface area contributed by atoms with Crippen molar-refractivity contribution in [1.82, 2.24) is 15.2 Å². The maximum absolute atomic E-state index is 5.00. The van der Waals surface area contributed by atoms with E-state index >= 15 is 0 Å². The van der Waals surface area contributed by atoms with Gasteiger partial charge in [-0.3, -0.25) is 4.90 Å². The predicted octanol–water partition coefficient (Wildman–Crippen LogP) is 3.25. The standard InChI is InChI=1S/C16H21N3S2/c1-17-10-14-15(12-6-4-3-5-7-12)18-16(21-14)13-11-20-9-8-19(13)2/h3-7,13,17H,8-11H2,1-2H3. The number of nitrogens with zero attached hydrogens (tertiary/aromatic N) is 2. The van der Waals surface area contributed by atoms with Gasteiger partial charge in [0.25, 0.3) is 0 Å². The maximum Gasteiger partial charge on any atom is 0.112 e. The summed E-state index contributed by atoms with van der Waals surface area (Å²) in [4.78, 5) is 8.77. The average molecular weight is 319 g/mol. The molecule has 0 radical (unpaired) electrons. The van der Waals surface area contributed by atoms with Crippen LogP contribution in [0, 0.1) is 0 Å². The van der Waals surface area contributed by atoms with Crippen molar-refractivity contribution in [2.45, 2.75) is 12.6 Å². The monoisotopic (exact) mass is 319 g/mol. The first-order valence-corrected chi connectivity index (χ1v) is 9.24. The minimum atomic E-state index is 0.460. The Morgan fingerprint density at radius 3 is 2.86 bits per heavy atom. The summed E-state index contributed by atoms with van der Waals surface area (Å²) in [6.07, 6.45) is 0. The van der Waals surface area contributed by atoms with Gasteiger partial charge in [-0.2, -0.15) is 11.8 Å². The average Bonchev–Trinajstić information content (AvgIpc) is 2.93. The summed E-state index contributed by atoms with van der Waals surface area (Å²) in [7, 11) is 4.21. The zero-order valence-corrected chi connectivity index (χ0v) is 14.1. The Kier molecular flexibility index (Phi) is 4.95. The molecule has 2 heterocycles. The van der Waals surface area contributed by atoms with Gasteiger partial charge in [0, 0.05) is 35.0 Å². The fourth-order valence-electron chi connectivity index (χ4n) is 2.56. The van der Waals surface area contributed by atoms with E-state index in [1.165, 1.54) is 21.2 Å². The molecule has 1 N–H and O–H groups in total. The van der Waals surface area contributed by atoms with Gasteiger partial charge >= 0.3 is 0 Å². The summed E-state index contributed by atoms with van der Waals surface area (Å²) < 4.78 is 0. The van der Waals surface area contributed by atoms with E-state index in [0.717, 1.165) is 24.5 Å². The molecule has 3 nitrogen and oxygen atoms in total. The van der Waals surface area contributed by atoms with Crippen LogP contribution in [0.1, 0.15) is 15.9 Å². The van der Waals surface area contributed by atoms with E-state index in [0.29, 0.717) is 6.04 Å². The zero-order valence-electron chi connectivity index (χ0n) is 12.5. The van der Waals surface area contributed by atoms with Crippen LogP contribution in [0.25, 0.3) is 11.3 Å². The molecule has 1 aliphatic rings. The molecule has 5 heteroatoms. The second-order valence-corrected chi connectivity index (χ2v) is 7.56. The van der Waals surface area contributed by atoms with Crippen molar-refractivity contribution in [1.29, 1.82) is 0 Å². The number of aromatic nitrogens is 1. The zero-order chi connectivity index (χ0) is 14.7. The Hall–Kier alpha value is -0.880. The molecule has 0 bridgehead atoms. The number of hydrogen-bond acceptors (Lipinski definition) is 5. The van der Waals surface area contributed by atoms with E-state index < -0.39 is 0 Å². The Bertz CT molecular complexity index is 582. The molecular weight excluding hydrogens is 298 g/mol. The largest absolute Gasteiger partial charge is 0.315 e. The predicted molar refractivity (Wildman–Crippen MR) is 93.0 cm³/mol. The van der Waals surface area contributed by atoms with Gasteiger partial charge in [-0.15, -0.1) is 11.3 Å². The van der Waals surface area contributed by atoms with Gasteiger partial charge in [-0.25, -0.2) is 4.98 Å². The molecule has 112 valence electrons. The molecule has 1 aromatic heterocycles. The lowest BCUT2D eigenvalue weighted by Gasteiger charge is -2.30. The third-order valence-corrected chi connectivity index (χ3v) is 5.96. The third-order valence-electron chi connectivity index (χ3n) is 3.78. The van der Waals surface area contributed by atoms with Gasteiger partial charge in [0.2, 0.25) is 0 Å². The summed E-state index contributed by atoms with van der Waals surface area (Å²) in [6, 6.07) is 11.0. The van der Waals surface area contributed by atoms with Crippen LogP contribution in [0.4, 0.5) is 0 Å². The highest BCUT2D eigenvalue weighted by molar-refractivity contribution is 7.99. The molecule has 1 unspecified atom stereocenters. The Balaban J connectivity index is 1.96. The second-order valence-electron chi connectivity index (χ2n) is 5.29. The molecular formula is C16H21N3S2. The molecule has 1 aromatic carbocycles. The van der Waals surface area contributed by atoms with Gasteiger partial charge in [-0.1, -0.05) is 30.3 Å². The number of thiazole rings is 1.